The van der Waals surface area contributed by atoms with Crippen LogP contribution in [-0.2, 0) is 0 Å². The standard InChI is InChI=1S/C14H22N2/c1-9-5-7-14(11(9)3)16-12-6-4-10(2)13(15)8-12/h4,6,8-9,11,14,16H,5,7,15H2,1-3H3. The highest BCUT2D eigenvalue weighted by Crippen LogP contribution is 2.33. The maximum absolute atomic E-state index is 5.92. The van der Waals surface area contributed by atoms with Crippen LogP contribution in [0.2, 0.25) is 0 Å². The number of nitrogens with one attached hydrogen (secondary N) is 1. The van der Waals surface area contributed by atoms with Crippen LogP contribution in [-0.4, -0.2) is 6.04 Å². The number of hydrogen-bond donors (Lipinski definition) is 2. The average molecular weight is 218 g/mol. The number of nitrogen functional groups attached to an aromatic ring is 1. The molecule has 1 aromatic carbocycles. The lowest BCUT2D eigenvalue weighted by molar-refractivity contribution is 0.435. The molecule has 1 fully saturated rings. The Morgan fingerprint density at radius 2 is 2.00 bits per heavy atom. The molecule has 0 amide bonds. The van der Waals surface area contributed by atoms with Gasteiger partial charge < -0.3 is 11.1 Å². The van der Waals surface area contributed by atoms with E-state index < -0.39 is 0 Å². The number of aryl methyl sites for hydroxylation is 1. The Morgan fingerprint density at radius 3 is 2.56 bits per heavy atom. The van der Waals surface area contributed by atoms with Gasteiger partial charge in [-0.25, -0.2) is 0 Å². The van der Waals surface area contributed by atoms with Gasteiger partial charge >= 0.3 is 0 Å². The van der Waals surface area contributed by atoms with Crippen LogP contribution < -0.4 is 11.1 Å². The molecule has 1 aliphatic rings. The second-order valence-electron chi connectivity index (χ2n) is 5.24. The van der Waals surface area contributed by atoms with Crippen LogP contribution in [0.15, 0.2) is 18.2 Å². The lowest BCUT2D eigenvalue weighted by atomic mass is 9.97. The van der Waals surface area contributed by atoms with Crippen LogP contribution in [0.5, 0.6) is 0 Å². The molecule has 0 heterocycles. The number of rotatable bonds is 2. The molecule has 1 aliphatic carbocycles. The molecule has 2 nitrogen and oxygen atoms in total. The fourth-order valence-electron chi connectivity index (χ4n) is 2.51. The van der Waals surface area contributed by atoms with E-state index in [1.807, 2.05) is 13.0 Å². The highest BCUT2D eigenvalue weighted by Gasteiger charge is 2.29. The molecule has 16 heavy (non-hydrogen) atoms. The number of anilines is 2. The Bertz CT molecular complexity index is 373. The van der Waals surface area contributed by atoms with E-state index >= 15 is 0 Å². The van der Waals surface area contributed by atoms with Crippen molar-refractivity contribution in [1.82, 2.24) is 0 Å². The predicted molar refractivity (Wildman–Crippen MR) is 70.6 cm³/mol. The summed E-state index contributed by atoms with van der Waals surface area (Å²) in [4.78, 5) is 0. The van der Waals surface area contributed by atoms with Gasteiger partial charge in [0.15, 0.2) is 0 Å². The molecule has 0 radical (unpaired) electrons. The summed E-state index contributed by atoms with van der Waals surface area (Å²) in [6.45, 7) is 6.72. The average Bonchev–Trinajstić information content (AvgIpc) is 2.55. The van der Waals surface area contributed by atoms with Gasteiger partial charge in [-0.15, -0.1) is 0 Å². The van der Waals surface area contributed by atoms with E-state index in [0.717, 1.165) is 28.8 Å². The maximum atomic E-state index is 5.92. The number of nitrogens with two attached hydrogens (primary N) is 1. The summed E-state index contributed by atoms with van der Waals surface area (Å²) in [6, 6.07) is 6.87. The Labute approximate surface area is 98.2 Å². The van der Waals surface area contributed by atoms with E-state index in [9.17, 15) is 0 Å². The molecule has 3 unspecified atom stereocenters. The Kier molecular flexibility index (Phi) is 3.08. The first-order valence-corrected chi connectivity index (χ1v) is 6.20. The van der Waals surface area contributed by atoms with Gasteiger partial charge in [-0.05, 0) is 49.3 Å². The smallest absolute Gasteiger partial charge is 0.0364 e. The lowest BCUT2D eigenvalue weighted by Gasteiger charge is -2.21. The Hall–Kier alpha value is -1.18. The zero-order valence-corrected chi connectivity index (χ0v) is 10.5. The molecule has 0 spiro atoms. The number of benzene rings is 1. The molecule has 0 aliphatic heterocycles. The van der Waals surface area contributed by atoms with E-state index in [1.54, 1.807) is 0 Å². The summed E-state index contributed by atoms with van der Waals surface area (Å²) in [6.07, 6.45) is 2.61. The largest absolute Gasteiger partial charge is 0.398 e. The van der Waals surface area contributed by atoms with Crippen LogP contribution in [0.3, 0.4) is 0 Å². The van der Waals surface area contributed by atoms with E-state index in [-0.39, 0.29) is 0 Å². The van der Waals surface area contributed by atoms with Crippen molar-refractivity contribution in [2.75, 3.05) is 11.1 Å². The van der Waals surface area contributed by atoms with Gasteiger partial charge in [0.05, 0.1) is 0 Å². The van der Waals surface area contributed by atoms with Crippen LogP contribution in [0.4, 0.5) is 11.4 Å². The van der Waals surface area contributed by atoms with E-state index in [4.69, 9.17) is 5.73 Å². The van der Waals surface area contributed by atoms with Gasteiger partial charge in [0.1, 0.15) is 0 Å². The monoisotopic (exact) mass is 218 g/mol. The Balaban J connectivity index is 2.07. The zero-order valence-electron chi connectivity index (χ0n) is 10.5. The van der Waals surface area contributed by atoms with Gasteiger partial charge in [-0.3, -0.25) is 0 Å². The molecule has 3 atom stereocenters. The Morgan fingerprint density at radius 1 is 1.25 bits per heavy atom. The summed E-state index contributed by atoms with van der Waals surface area (Å²) in [5, 5.41) is 3.61. The number of hydrogen-bond acceptors (Lipinski definition) is 2. The van der Waals surface area contributed by atoms with Gasteiger partial charge in [0, 0.05) is 17.4 Å². The minimum Gasteiger partial charge on any atom is -0.398 e. The van der Waals surface area contributed by atoms with Crippen LogP contribution in [0.25, 0.3) is 0 Å². The van der Waals surface area contributed by atoms with Crippen molar-refractivity contribution < 1.29 is 0 Å². The molecule has 2 heteroatoms. The predicted octanol–water partition coefficient (Wildman–Crippen LogP) is 3.42. The van der Waals surface area contributed by atoms with Crippen LogP contribution in [0, 0.1) is 18.8 Å². The second-order valence-corrected chi connectivity index (χ2v) is 5.24. The third-order valence-corrected chi connectivity index (χ3v) is 4.10. The van der Waals surface area contributed by atoms with Gasteiger partial charge in [0.2, 0.25) is 0 Å². The third kappa shape index (κ3) is 2.16. The van der Waals surface area contributed by atoms with Crippen molar-refractivity contribution in [2.45, 2.75) is 39.7 Å². The highest BCUT2D eigenvalue weighted by atomic mass is 14.9. The second kappa shape index (κ2) is 4.36. The molecular weight excluding hydrogens is 196 g/mol. The van der Waals surface area contributed by atoms with Crippen molar-refractivity contribution >= 4 is 11.4 Å². The molecule has 1 saturated carbocycles. The van der Waals surface area contributed by atoms with E-state index in [1.165, 1.54) is 12.8 Å². The quantitative estimate of drug-likeness (QED) is 0.746. The molecule has 0 saturated heterocycles. The van der Waals surface area contributed by atoms with Crippen LogP contribution >= 0.6 is 0 Å². The molecular formula is C14H22N2. The SMILES string of the molecule is Cc1ccc(NC2CCC(C)C2C)cc1N. The highest BCUT2D eigenvalue weighted by molar-refractivity contribution is 5.58. The normalized spacial score (nSPS) is 29.3. The van der Waals surface area contributed by atoms with Gasteiger partial charge in [0.25, 0.3) is 0 Å². The molecule has 88 valence electrons. The third-order valence-electron chi connectivity index (χ3n) is 4.10. The lowest BCUT2D eigenvalue weighted by Crippen LogP contribution is -2.24. The van der Waals surface area contributed by atoms with Crippen molar-refractivity contribution in [3.05, 3.63) is 23.8 Å². The van der Waals surface area contributed by atoms with Gasteiger partial charge in [-0.2, -0.15) is 0 Å². The van der Waals surface area contributed by atoms with Crippen molar-refractivity contribution in [1.29, 1.82) is 0 Å². The summed E-state index contributed by atoms with van der Waals surface area (Å²) in [5.74, 6) is 1.59. The fourth-order valence-corrected chi connectivity index (χ4v) is 2.51. The summed E-state index contributed by atoms with van der Waals surface area (Å²) in [7, 11) is 0. The molecule has 2 rings (SSSR count). The molecule has 1 aromatic rings. The fraction of sp³-hybridized carbons (Fsp3) is 0.571. The summed E-state index contributed by atoms with van der Waals surface area (Å²) < 4.78 is 0. The van der Waals surface area contributed by atoms with Crippen molar-refractivity contribution in [2.24, 2.45) is 11.8 Å². The minimum atomic E-state index is 0.608. The van der Waals surface area contributed by atoms with E-state index in [2.05, 4.69) is 31.3 Å². The maximum Gasteiger partial charge on any atom is 0.0364 e. The topological polar surface area (TPSA) is 38.0 Å². The van der Waals surface area contributed by atoms with Crippen molar-refractivity contribution in [3.8, 4) is 0 Å². The molecule has 0 aromatic heterocycles. The first-order chi connectivity index (χ1) is 7.58. The van der Waals surface area contributed by atoms with Gasteiger partial charge in [-0.1, -0.05) is 19.9 Å². The van der Waals surface area contributed by atoms with Crippen LogP contribution in [0.1, 0.15) is 32.3 Å². The zero-order chi connectivity index (χ0) is 11.7. The summed E-state index contributed by atoms with van der Waals surface area (Å²) >= 11 is 0. The summed E-state index contributed by atoms with van der Waals surface area (Å²) in [5.41, 5.74) is 9.11. The van der Waals surface area contributed by atoms with E-state index in [0.29, 0.717) is 6.04 Å². The minimum absolute atomic E-state index is 0.608. The molecule has 0 bridgehead atoms. The molecule has 3 N–H and O–H groups in total. The first kappa shape index (κ1) is 11.3. The van der Waals surface area contributed by atoms with Crippen molar-refractivity contribution in [3.63, 3.8) is 0 Å². The first-order valence-electron chi connectivity index (χ1n) is 6.20.